The molecule has 2 aromatic carbocycles. The number of benzene rings is 2. The summed E-state index contributed by atoms with van der Waals surface area (Å²) in [6.45, 7) is 2.11. The molecule has 3 N–H and O–H groups in total. The molecule has 0 bridgehead atoms. The molecule has 0 aliphatic rings. The maximum atomic E-state index is 6.35. The van der Waals surface area contributed by atoms with Gasteiger partial charge in [0.15, 0.2) is 0 Å². The Balaban J connectivity index is 2.18. The third-order valence-corrected chi connectivity index (χ3v) is 4.88. The van der Waals surface area contributed by atoms with Crippen molar-refractivity contribution in [1.82, 2.24) is 0 Å². The minimum atomic E-state index is 0.733. The number of hydrazine groups is 1. The molecule has 2 rings (SSSR count). The average molecular weight is 327 g/mol. The molecule has 0 aliphatic heterocycles. The lowest BCUT2D eigenvalue weighted by Gasteiger charge is -2.12. The Labute approximate surface area is 133 Å². The van der Waals surface area contributed by atoms with E-state index in [0.29, 0.717) is 0 Å². The second kappa shape index (κ2) is 7.23. The average Bonchev–Trinajstić information content (AvgIpc) is 2.47. The molecule has 0 heterocycles. The number of nitrogens with two attached hydrogens (primary N) is 1. The number of aryl methyl sites for hydroxylation is 1. The zero-order chi connectivity index (χ0) is 14.5. The summed E-state index contributed by atoms with van der Waals surface area (Å²) >= 11 is 14.0. The molecule has 20 heavy (non-hydrogen) atoms. The van der Waals surface area contributed by atoms with Gasteiger partial charge in [0.05, 0.1) is 10.7 Å². The molecule has 0 aromatic heterocycles. The first-order chi connectivity index (χ1) is 9.63. The molecule has 0 amide bonds. The van der Waals surface area contributed by atoms with Crippen LogP contribution in [0.3, 0.4) is 0 Å². The minimum absolute atomic E-state index is 0.733. The normalized spacial score (nSPS) is 10.6. The van der Waals surface area contributed by atoms with Gasteiger partial charge in [-0.3, -0.25) is 5.84 Å². The lowest BCUT2D eigenvalue weighted by Crippen LogP contribution is -2.07. The zero-order valence-electron chi connectivity index (χ0n) is 11.1. The molecule has 0 saturated carbocycles. The van der Waals surface area contributed by atoms with Gasteiger partial charge in [-0.05, 0) is 41.8 Å². The maximum absolute atomic E-state index is 6.35. The van der Waals surface area contributed by atoms with Crippen LogP contribution < -0.4 is 11.3 Å². The molecule has 0 atom stereocenters. The summed E-state index contributed by atoms with van der Waals surface area (Å²) in [6, 6.07) is 11.8. The first kappa shape index (κ1) is 15.5. The molecule has 5 heteroatoms. The SMILES string of the molecule is CCc1cc(NN)cc(Cl)c1SCc1ccc(Cl)cc1. The highest BCUT2D eigenvalue weighted by Crippen LogP contribution is 2.35. The quantitative estimate of drug-likeness (QED) is 0.454. The van der Waals surface area contributed by atoms with E-state index in [1.807, 2.05) is 36.4 Å². The van der Waals surface area contributed by atoms with Crippen molar-refractivity contribution in [3.8, 4) is 0 Å². The number of halogens is 2. The van der Waals surface area contributed by atoms with Gasteiger partial charge in [-0.2, -0.15) is 0 Å². The molecule has 0 spiro atoms. The van der Waals surface area contributed by atoms with Crippen molar-refractivity contribution in [2.24, 2.45) is 5.84 Å². The Bertz CT molecular complexity index is 585. The van der Waals surface area contributed by atoms with Crippen LogP contribution in [0.5, 0.6) is 0 Å². The van der Waals surface area contributed by atoms with Gasteiger partial charge in [-0.25, -0.2) is 0 Å². The van der Waals surface area contributed by atoms with Gasteiger partial charge < -0.3 is 5.43 Å². The van der Waals surface area contributed by atoms with E-state index in [1.165, 1.54) is 11.1 Å². The first-order valence-electron chi connectivity index (χ1n) is 6.30. The van der Waals surface area contributed by atoms with Crippen LogP contribution in [0, 0.1) is 0 Å². The second-order valence-electron chi connectivity index (χ2n) is 4.36. The zero-order valence-corrected chi connectivity index (χ0v) is 13.4. The van der Waals surface area contributed by atoms with Crippen molar-refractivity contribution in [3.63, 3.8) is 0 Å². The lowest BCUT2D eigenvalue weighted by molar-refractivity contribution is 1.08. The fourth-order valence-electron chi connectivity index (χ4n) is 1.89. The van der Waals surface area contributed by atoms with Gasteiger partial charge in [0.2, 0.25) is 0 Å². The van der Waals surface area contributed by atoms with Crippen LogP contribution in [-0.2, 0) is 12.2 Å². The first-order valence-corrected chi connectivity index (χ1v) is 8.04. The summed E-state index contributed by atoms with van der Waals surface area (Å²) in [5, 5.41) is 1.49. The predicted molar refractivity (Wildman–Crippen MR) is 89.7 cm³/mol. The highest BCUT2D eigenvalue weighted by Gasteiger charge is 2.09. The summed E-state index contributed by atoms with van der Waals surface area (Å²) in [5.41, 5.74) is 5.90. The van der Waals surface area contributed by atoms with Crippen LogP contribution in [0.4, 0.5) is 5.69 Å². The summed E-state index contributed by atoms with van der Waals surface area (Å²) in [5.74, 6) is 6.30. The van der Waals surface area contributed by atoms with Gasteiger partial charge in [0, 0.05) is 15.7 Å². The maximum Gasteiger partial charge on any atom is 0.0565 e. The number of hydrogen-bond donors (Lipinski definition) is 2. The molecular formula is C15H16Cl2N2S. The summed E-state index contributed by atoms with van der Waals surface area (Å²) in [6.07, 6.45) is 0.915. The Morgan fingerprint density at radius 3 is 2.45 bits per heavy atom. The number of anilines is 1. The molecule has 0 aliphatic carbocycles. The van der Waals surface area contributed by atoms with Crippen LogP contribution in [0.25, 0.3) is 0 Å². The lowest BCUT2D eigenvalue weighted by atomic mass is 10.1. The molecule has 0 unspecified atom stereocenters. The van der Waals surface area contributed by atoms with Gasteiger partial charge in [-0.1, -0.05) is 42.3 Å². The fourth-order valence-corrected chi connectivity index (χ4v) is 3.51. The Morgan fingerprint density at radius 2 is 1.85 bits per heavy atom. The van der Waals surface area contributed by atoms with E-state index in [4.69, 9.17) is 29.0 Å². The second-order valence-corrected chi connectivity index (χ2v) is 6.19. The molecule has 2 nitrogen and oxygen atoms in total. The van der Waals surface area contributed by atoms with Crippen LogP contribution >= 0.6 is 35.0 Å². The van der Waals surface area contributed by atoms with E-state index in [-0.39, 0.29) is 0 Å². The van der Waals surface area contributed by atoms with Crippen LogP contribution in [0.15, 0.2) is 41.3 Å². The van der Waals surface area contributed by atoms with Crippen molar-refractivity contribution < 1.29 is 0 Å². The van der Waals surface area contributed by atoms with Gasteiger partial charge >= 0.3 is 0 Å². The fraction of sp³-hybridized carbons (Fsp3) is 0.200. The van der Waals surface area contributed by atoms with Crippen LogP contribution in [0.2, 0.25) is 10.0 Å². The largest absolute Gasteiger partial charge is 0.324 e. The third-order valence-electron chi connectivity index (χ3n) is 2.96. The van der Waals surface area contributed by atoms with E-state index < -0.39 is 0 Å². The highest BCUT2D eigenvalue weighted by molar-refractivity contribution is 7.98. The van der Waals surface area contributed by atoms with Crippen LogP contribution in [-0.4, -0.2) is 0 Å². The van der Waals surface area contributed by atoms with Crippen molar-refractivity contribution in [3.05, 3.63) is 57.6 Å². The number of nitrogens with one attached hydrogen (secondary N) is 1. The van der Waals surface area contributed by atoms with E-state index >= 15 is 0 Å². The van der Waals surface area contributed by atoms with Crippen molar-refractivity contribution in [2.75, 3.05) is 5.43 Å². The molecule has 0 fully saturated rings. The number of thioether (sulfide) groups is 1. The Kier molecular flexibility index (Phi) is 5.61. The standard InChI is InChI=1S/C15H16Cl2N2S/c1-2-11-7-13(19-18)8-14(17)15(11)20-9-10-3-5-12(16)6-4-10/h3-8,19H,2,9,18H2,1H3. The van der Waals surface area contributed by atoms with Crippen molar-refractivity contribution >= 4 is 40.7 Å². The number of hydrogen-bond acceptors (Lipinski definition) is 3. The van der Waals surface area contributed by atoms with Gasteiger partial charge in [0.25, 0.3) is 0 Å². The van der Waals surface area contributed by atoms with Gasteiger partial charge in [-0.15, -0.1) is 11.8 Å². The van der Waals surface area contributed by atoms with E-state index in [9.17, 15) is 0 Å². The summed E-state index contributed by atoms with van der Waals surface area (Å²) in [4.78, 5) is 1.11. The molecule has 2 aromatic rings. The Hall–Kier alpha value is -0.870. The number of rotatable bonds is 5. The molecular weight excluding hydrogens is 311 g/mol. The van der Waals surface area contributed by atoms with E-state index in [2.05, 4.69) is 12.3 Å². The monoisotopic (exact) mass is 326 g/mol. The van der Waals surface area contributed by atoms with E-state index in [1.54, 1.807) is 11.8 Å². The molecule has 0 saturated heterocycles. The smallest absolute Gasteiger partial charge is 0.0565 e. The summed E-state index contributed by atoms with van der Waals surface area (Å²) < 4.78 is 0. The number of nitrogen functional groups attached to an aromatic ring is 1. The van der Waals surface area contributed by atoms with Gasteiger partial charge in [0.1, 0.15) is 0 Å². The topological polar surface area (TPSA) is 38.0 Å². The van der Waals surface area contributed by atoms with Crippen LogP contribution in [0.1, 0.15) is 18.1 Å². The summed E-state index contributed by atoms with van der Waals surface area (Å²) in [7, 11) is 0. The van der Waals surface area contributed by atoms with E-state index in [0.717, 1.165) is 32.8 Å². The predicted octanol–water partition coefficient (Wildman–Crippen LogP) is 5.13. The molecule has 0 radical (unpaired) electrons. The minimum Gasteiger partial charge on any atom is -0.324 e. The Morgan fingerprint density at radius 1 is 1.15 bits per heavy atom. The molecule has 106 valence electrons. The van der Waals surface area contributed by atoms with Crippen molar-refractivity contribution in [1.29, 1.82) is 0 Å². The van der Waals surface area contributed by atoms with Crippen molar-refractivity contribution in [2.45, 2.75) is 24.0 Å². The third kappa shape index (κ3) is 3.83. The highest BCUT2D eigenvalue weighted by atomic mass is 35.5.